The van der Waals surface area contributed by atoms with Crippen LogP contribution >= 0.6 is 0 Å². The molecule has 2 unspecified atom stereocenters. The predicted molar refractivity (Wildman–Crippen MR) is 93.8 cm³/mol. The number of allylic oxidation sites excluding steroid dienone is 2. The first-order chi connectivity index (χ1) is 11.5. The van der Waals surface area contributed by atoms with Gasteiger partial charge >= 0.3 is 0 Å². The lowest BCUT2D eigenvalue weighted by atomic mass is 9.96. The van der Waals surface area contributed by atoms with Crippen molar-refractivity contribution in [2.75, 3.05) is 0 Å². The van der Waals surface area contributed by atoms with Crippen molar-refractivity contribution in [1.82, 2.24) is 15.0 Å². The van der Waals surface area contributed by atoms with Gasteiger partial charge in [-0.3, -0.25) is 20.8 Å². The molecule has 7 heteroatoms. The first-order valence-corrected chi connectivity index (χ1v) is 7.78. The van der Waals surface area contributed by atoms with Crippen LogP contribution in [0.3, 0.4) is 0 Å². The van der Waals surface area contributed by atoms with Crippen LogP contribution in [0.4, 0.5) is 0 Å². The highest BCUT2D eigenvalue weighted by Gasteiger charge is 2.24. The molecule has 0 radical (unpaired) electrons. The second-order valence-corrected chi connectivity index (χ2v) is 5.91. The number of nitrogens with two attached hydrogens (primary N) is 1. The number of nitrogens with one attached hydrogen (secondary N) is 1. The molecule has 2 atom stereocenters. The minimum absolute atomic E-state index is 0.282. The molecule has 0 saturated carbocycles. The van der Waals surface area contributed by atoms with Gasteiger partial charge in [-0.05, 0) is 37.1 Å². The zero-order valence-electron chi connectivity index (χ0n) is 13.6. The van der Waals surface area contributed by atoms with Crippen LogP contribution in [0.15, 0.2) is 36.7 Å². The molecule has 3 heterocycles. The summed E-state index contributed by atoms with van der Waals surface area (Å²) >= 11 is 0. The Morgan fingerprint density at radius 2 is 2.21 bits per heavy atom. The molecular weight excluding hydrogens is 306 g/mol. The quantitative estimate of drug-likeness (QED) is 0.425. The smallest absolute Gasteiger partial charge is 0.266 e. The van der Waals surface area contributed by atoms with Crippen LogP contribution in [0, 0.1) is 16.0 Å². The number of nitrogens with zero attached hydrogens (tertiary/aromatic N) is 3. The van der Waals surface area contributed by atoms with Crippen molar-refractivity contribution in [3.05, 3.63) is 52.5 Å². The standard InChI is InChI=1S/C17H19N5O2/c1-3-11(8-10(2)16(18)22(23)24)14-5-4-12-13-9-19-7-6-15(13)21-17(12)20-14/h3-7,9-10,16H,8,18H2,1-2H3,(H,20,21)/b11-3+. The molecule has 24 heavy (non-hydrogen) atoms. The lowest BCUT2D eigenvalue weighted by Crippen LogP contribution is -2.36. The number of hydrogen-bond acceptors (Lipinski definition) is 5. The molecule has 3 N–H and O–H groups in total. The Bertz CT molecular complexity index is 931. The maximum absolute atomic E-state index is 10.9. The van der Waals surface area contributed by atoms with E-state index in [0.29, 0.717) is 6.42 Å². The number of pyridine rings is 2. The van der Waals surface area contributed by atoms with Crippen LogP contribution in [-0.4, -0.2) is 26.0 Å². The molecule has 0 fully saturated rings. The number of H-pyrrole nitrogens is 1. The average molecular weight is 325 g/mol. The fourth-order valence-electron chi connectivity index (χ4n) is 2.84. The molecule has 0 aliphatic rings. The van der Waals surface area contributed by atoms with Crippen molar-refractivity contribution in [2.24, 2.45) is 11.7 Å². The SMILES string of the molecule is C/C=C(\CC(C)C(N)[N+](=O)[O-])c1ccc2c(n1)[nH]c1ccncc12. The van der Waals surface area contributed by atoms with Gasteiger partial charge in [-0.15, -0.1) is 0 Å². The van der Waals surface area contributed by atoms with E-state index < -0.39 is 11.1 Å². The summed E-state index contributed by atoms with van der Waals surface area (Å²) in [5, 5.41) is 12.9. The molecule has 124 valence electrons. The Balaban J connectivity index is 1.95. The minimum atomic E-state index is -1.08. The number of aromatic nitrogens is 3. The normalized spacial score (nSPS) is 14.9. The number of rotatable bonds is 5. The molecule has 0 aliphatic heterocycles. The van der Waals surface area contributed by atoms with Crippen molar-refractivity contribution in [3.63, 3.8) is 0 Å². The average Bonchev–Trinajstić information content (AvgIpc) is 2.96. The van der Waals surface area contributed by atoms with Crippen molar-refractivity contribution in [3.8, 4) is 0 Å². The highest BCUT2D eigenvalue weighted by molar-refractivity contribution is 6.05. The topological polar surface area (TPSA) is 111 Å². The van der Waals surface area contributed by atoms with Crippen molar-refractivity contribution in [2.45, 2.75) is 26.4 Å². The van der Waals surface area contributed by atoms with Crippen LogP contribution < -0.4 is 5.73 Å². The van der Waals surface area contributed by atoms with E-state index in [0.717, 1.165) is 33.2 Å². The van der Waals surface area contributed by atoms with Gasteiger partial charge in [-0.2, -0.15) is 0 Å². The highest BCUT2D eigenvalue weighted by Crippen LogP contribution is 2.27. The molecule has 0 spiro atoms. The van der Waals surface area contributed by atoms with Crippen LogP contribution in [0.5, 0.6) is 0 Å². The molecule has 0 aliphatic carbocycles. The third kappa shape index (κ3) is 2.85. The lowest BCUT2D eigenvalue weighted by Gasteiger charge is -2.15. The maximum atomic E-state index is 10.9. The zero-order valence-corrected chi connectivity index (χ0v) is 13.6. The van der Waals surface area contributed by atoms with Gasteiger partial charge in [0.2, 0.25) is 0 Å². The number of fused-ring (bicyclic) bond motifs is 3. The highest BCUT2D eigenvalue weighted by atomic mass is 16.6. The Morgan fingerprint density at radius 3 is 2.92 bits per heavy atom. The van der Waals surface area contributed by atoms with Gasteiger partial charge in [-0.1, -0.05) is 13.0 Å². The summed E-state index contributed by atoms with van der Waals surface area (Å²) in [5.41, 5.74) is 9.12. The fraction of sp³-hybridized carbons (Fsp3) is 0.294. The molecule has 0 aromatic carbocycles. The third-order valence-corrected chi connectivity index (χ3v) is 4.31. The summed E-state index contributed by atoms with van der Waals surface area (Å²) in [4.78, 5) is 22.5. The van der Waals surface area contributed by atoms with Crippen LogP contribution in [0.25, 0.3) is 27.5 Å². The predicted octanol–water partition coefficient (Wildman–Crippen LogP) is 3.10. The molecule has 7 nitrogen and oxygen atoms in total. The molecular formula is C17H19N5O2. The van der Waals surface area contributed by atoms with Crippen molar-refractivity contribution in [1.29, 1.82) is 0 Å². The molecule has 0 bridgehead atoms. The second-order valence-electron chi connectivity index (χ2n) is 5.91. The molecule has 0 saturated heterocycles. The van der Waals surface area contributed by atoms with Gasteiger partial charge in [0.1, 0.15) is 5.65 Å². The number of nitro groups is 1. The van der Waals surface area contributed by atoms with E-state index in [2.05, 4.69) is 15.0 Å². The van der Waals surface area contributed by atoms with Gasteiger partial charge in [0.25, 0.3) is 6.17 Å². The minimum Gasteiger partial charge on any atom is -0.339 e. The van der Waals surface area contributed by atoms with Gasteiger partial charge in [0.05, 0.1) is 11.2 Å². The molecule has 3 rings (SSSR count). The van der Waals surface area contributed by atoms with E-state index in [9.17, 15) is 10.1 Å². The van der Waals surface area contributed by atoms with E-state index in [-0.39, 0.29) is 5.92 Å². The van der Waals surface area contributed by atoms with E-state index in [1.807, 2.05) is 37.4 Å². The second kappa shape index (κ2) is 6.37. The summed E-state index contributed by atoms with van der Waals surface area (Å²) in [7, 11) is 0. The third-order valence-electron chi connectivity index (χ3n) is 4.31. The van der Waals surface area contributed by atoms with Crippen LogP contribution in [0.2, 0.25) is 0 Å². The lowest BCUT2D eigenvalue weighted by molar-refractivity contribution is -0.530. The van der Waals surface area contributed by atoms with Gasteiger partial charge in [0.15, 0.2) is 0 Å². The Morgan fingerprint density at radius 1 is 1.42 bits per heavy atom. The zero-order chi connectivity index (χ0) is 17.3. The summed E-state index contributed by atoms with van der Waals surface area (Å²) < 4.78 is 0. The van der Waals surface area contributed by atoms with Crippen LogP contribution in [-0.2, 0) is 0 Å². The fourth-order valence-corrected chi connectivity index (χ4v) is 2.84. The first-order valence-electron chi connectivity index (χ1n) is 7.78. The Kier molecular flexibility index (Phi) is 4.26. The largest absolute Gasteiger partial charge is 0.339 e. The van der Waals surface area contributed by atoms with Crippen molar-refractivity contribution < 1.29 is 4.92 Å². The van der Waals surface area contributed by atoms with Crippen LogP contribution in [0.1, 0.15) is 26.0 Å². The summed E-state index contributed by atoms with van der Waals surface area (Å²) in [6, 6.07) is 5.84. The number of hydrogen-bond donors (Lipinski definition) is 2. The van der Waals surface area contributed by atoms with E-state index >= 15 is 0 Å². The van der Waals surface area contributed by atoms with E-state index in [1.54, 1.807) is 13.1 Å². The Hall–Kier alpha value is -2.80. The van der Waals surface area contributed by atoms with E-state index in [4.69, 9.17) is 5.73 Å². The van der Waals surface area contributed by atoms with E-state index in [1.165, 1.54) is 0 Å². The molecule has 0 amide bonds. The van der Waals surface area contributed by atoms with Gasteiger partial charge in [-0.25, -0.2) is 4.98 Å². The monoisotopic (exact) mass is 325 g/mol. The summed E-state index contributed by atoms with van der Waals surface area (Å²) in [5.74, 6) is -0.282. The molecule has 3 aromatic rings. The molecule has 3 aromatic heterocycles. The summed E-state index contributed by atoms with van der Waals surface area (Å²) in [6.07, 6.45) is 4.89. The number of aromatic amines is 1. The first kappa shape index (κ1) is 16.1. The maximum Gasteiger partial charge on any atom is 0.266 e. The Labute approximate surface area is 138 Å². The van der Waals surface area contributed by atoms with Crippen molar-refractivity contribution >= 4 is 27.5 Å². The summed E-state index contributed by atoms with van der Waals surface area (Å²) in [6.45, 7) is 3.69. The van der Waals surface area contributed by atoms with Gasteiger partial charge in [0, 0.05) is 34.0 Å². The van der Waals surface area contributed by atoms with Gasteiger partial charge < -0.3 is 4.98 Å².